The number of ether oxygens (including phenoxy) is 2. The molecule has 0 saturated carbocycles. The molecule has 2 aromatic carbocycles. The van der Waals surface area contributed by atoms with Crippen molar-refractivity contribution in [1.29, 1.82) is 0 Å². The molecule has 1 aliphatic heterocycles. The second kappa shape index (κ2) is 7.04. The van der Waals surface area contributed by atoms with Gasteiger partial charge in [-0.15, -0.1) is 0 Å². The van der Waals surface area contributed by atoms with Crippen molar-refractivity contribution in [3.05, 3.63) is 53.6 Å². The zero-order valence-corrected chi connectivity index (χ0v) is 13.3. The molecular formula is C18H18N2O4. The Balaban J connectivity index is 1.68. The van der Waals surface area contributed by atoms with Crippen molar-refractivity contribution in [2.24, 2.45) is 0 Å². The van der Waals surface area contributed by atoms with Gasteiger partial charge in [0.05, 0.1) is 11.3 Å². The Morgan fingerprint density at radius 1 is 1.08 bits per heavy atom. The molecule has 1 heterocycles. The Kier molecular flexibility index (Phi) is 4.65. The first kappa shape index (κ1) is 15.9. The third kappa shape index (κ3) is 3.48. The topological polar surface area (TPSA) is 76.7 Å². The van der Waals surface area contributed by atoms with Crippen molar-refractivity contribution < 1.29 is 19.1 Å². The van der Waals surface area contributed by atoms with Gasteiger partial charge in [0.1, 0.15) is 0 Å². The fraction of sp³-hybridized carbons (Fsp3) is 0.222. The van der Waals surface area contributed by atoms with E-state index in [0.717, 1.165) is 5.56 Å². The fourth-order valence-corrected chi connectivity index (χ4v) is 2.36. The molecule has 6 heteroatoms. The molecule has 0 aliphatic carbocycles. The number of carbonyl (C=O) groups is 2. The van der Waals surface area contributed by atoms with Crippen LogP contribution in [0.15, 0.2) is 42.5 Å². The van der Waals surface area contributed by atoms with Crippen LogP contribution in [0.3, 0.4) is 0 Å². The molecule has 0 aromatic heterocycles. The standard InChI is InChI=1S/C18H18N2O4/c1-2-17(21)20-14-6-4-3-5-13(14)18(22)19-10-12-7-8-15-16(9-12)24-11-23-15/h3-9H,2,10-11H2,1H3,(H,19,22)(H,20,21). The highest BCUT2D eigenvalue weighted by atomic mass is 16.7. The third-order valence-electron chi connectivity index (χ3n) is 3.66. The van der Waals surface area contributed by atoms with Gasteiger partial charge in [0.25, 0.3) is 5.91 Å². The number of hydrogen-bond acceptors (Lipinski definition) is 4. The SMILES string of the molecule is CCC(=O)Nc1ccccc1C(=O)NCc1ccc2c(c1)OCO2. The molecule has 2 amide bonds. The number of para-hydroxylation sites is 1. The summed E-state index contributed by atoms with van der Waals surface area (Å²) in [6.07, 6.45) is 0.354. The zero-order chi connectivity index (χ0) is 16.9. The van der Waals surface area contributed by atoms with Crippen LogP contribution in [0.5, 0.6) is 11.5 Å². The zero-order valence-electron chi connectivity index (χ0n) is 13.3. The van der Waals surface area contributed by atoms with Gasteiger partial charge in [0.15, 0.2) is 11.5 Å². The third-order valence-corrected chi connectivity index (χ3v) is 3.66. The van der Waals surface area contributed by atoms with E-state index in [2.05, 4.69) is 10.6 Å². The van der Waals surface area contributed by atoms with E-state index in [-0.39, 0.29) is 18.6 Å². The Morgan fingerprint density at radius 2 is 1.88 bits per heavy atom. The predicted molar refractivity (Wildman–Crippen MR) is 89.1 cm³/mol. The van der Waals surface area contributed by atoms with Crippen LogP contribution in [0.2, 0.25) is 0 Å². The van der Waals surface area contributed by atoms with Crippen molar-refractivity contribution in [1.82, 2.24) is 5.32 Å². The smallest absolute Gasteiger partial charge is 0.253 e. The molecule has 124 valence electrons. The molecule has 2 aromatic rings. The number of anilines is 1. The van der Waals surface area contributed by atoms with Crippen LogP contribution >= 0.6 is 0 Å². The van der Waals surface area contributed by atoms with Crippen LogP contribution in [-0.2, 0) is 11.3 Å². The van der Waals surface area contributed by atoms with E-state index in [1.807, 2.05) is 18.2 Å². The predicted octanol–water partition coefficient (Wildman–Crippen LogP) is 2.69. The van der Waals surface area contributed by atoms with E-state index >= 15 is 0 Å². The summed E-state index contributed by atoms with van der Waals surface area (Å²) in [5.74, 6) is 1.00. The summed E-state index contributed by atoms with van der Waals surface area (Å²) in [5, 5.41) is 5.59. The van der Waals surface area contributed by atoms with Crippen LogP contribution in [0, 0.1) is 0 Å². The van der Waals surface area contributed by atoms with Crippen LogP contribution in [0.25, 0.3) is 0 Å². The quantitative estimate of drug-likeness (QED) is 0.886. The number of carbonyl (C=O) groups excluding carboxylic acids is 2. The molecule has 3 rings (SSSR count). The number of amides is 2. The summed E-state index contributed by atoms with van der Waals surface area (Å²) in [4.78, 5) is 24.0. The van der Waals surface area contributed by atoms with E-state index in [1.54, 1.807) is 31.2 Å². The van der Waals surface area contributed by atoms with Crippen LogP contribution in [0.1, 0.15) is 29.3 Å². The Morgan fingerprint density at radius 3 is 2.71 bits per heavy atom. The molecule has 0 bridgehead atoms. The van der Waals surface area contributed by atoms with Crippen molar-refractivity contribution >= 4 is 17.5 Å². The van der Waals surface area contributed by atoms with Crippen LogP contribution in [-0.4, -0.2) is 18.6 Å². The van der Waals surface area contributed by atoms with E-state index in [1.165, 1.54) is 0 Å². The van der Waals surface area contributed by atoms with E-state index in [0.29, 0.717) is 35.7 Å². The first-order valence-corrected chi connectivity index (χ1v) is 7.73. The molecule has 2 N–H and O–H groups in total. The molecule has 0 atom stereocenters. The lowest BCUT2D eigenvalue weighted by atomic mass is 10.1. The lowest BCUT2D eigenvalue weighted by molar-refractivity contribution is -0.115. The van der Waals surface area contributed by atoms with Crippen LogP contribution in [0.4, 0.5) is 5.69 Å². The highest BCUT2D eigenvalue weighted by molar-refractivity contribution is 6.03. The summed E-state index contributed by atoms with van der Waals surface area (Å²) in [7, 11) is 0. The van der Waals surface area contributed by atoms with Crippen LogP contribution < -0.4 is 20.1 Å². The van der Waals surface area contributed by atoms with Gasteiger partial charge in [-0.3, -0.25) is 9.59 Å². The average molecular weight is 326 g/mol. The summed E-state index contributed by atoms with van der Waals surface area (Å²) < 4.78 is 10.6. The van der Waals surface area contributed by atoms with Gasteiger partial charge in [0, 0.05) is 13.0 Å². The first-order chi connectivity index (χ1) is 11.7. The Hall–Kier alpha value is -3.02. The number of fused-ring (bicyclic) bond motifs is 1. The second-order valence-electron chi connectivity index (χ2n) is 5.32. The number of benzene rings is 2. The minimum absolute atomic E-state index is 0.133. The van der Waals surface area contributed by atoms with Gasteiger partial charge in [0.2, 0.25) is 12.7 Å². The lowest BCUT2D eigenvalue weighted by Crippen LogP contribution is -2.24. The van der Waals surface area contributed by atoms with Gasteiger partial charge < -0.3 is 20.1 Å². The maximum atomic E-state index is 12.4. The van der Waals surface area contributed by atoms with E-state index in [9.17, 15) is 9.59 Å². The summed E-state index contributed by atoms with van der Waals surface area (Å²) in [6, 6.07) is 12.5. The first-order valence-electron chi connectivity index (χ1n) is 7.73. The van der Waals surface area contributed by atoms with Crippen molar-refractivity contribution in [2.45, 2.75) is 19.9 Å². The van der Waals surface area contributed by atoms with Gasteiger partial charge >= 0.3 is 0 Å². The molecule has 0 saturated heterocycles. The number of nitrogens with one attached hydrogen (secondary N) is 2. The lowest BCUT2D eigenvalue weighted by Gasteiger charge is -2.11. The molecule has 0 spiro atoms. The maximum absolute atomic E-state index is 12.4. The van der Waals surface area contributed by atoms with Gasteiger partial charge in [-0.2, -0.15) is 0 Å². The van der Waals surface area contributed by atoms with Crippen molar-refractivity contribution in [2.75, 3.05) is 12.1 Å². The molecule has 0 unspecified atom stereocenters. The van der Waals surface area contributed by atoms with E-state index < -0.39 is 0 Å². The molecule has 0 fully saturated rings. The molecular weight excluding hydrogens is 308 g/mol. The molecule has 0 radical (unpaired) electrons. The number of hydrogen-bond donors (Lipinski definition) is 2. The van der Waals surface area contributed by atoms with Gasteiger partial charge in [-0.25, -0.2) is 0 Å². The minimum atomic E-state index is -0.250. The monoisotopic (exact) mass is 326 g/mol. The summed E-state index contributed by atoms with van der Waals surface area (Å²) in [5.41, 5.74) is 1.84. The largest absolute Gasteiger partial charge is 0.454 e. The fourth-order valence-electron chi connectivity index (χ4n) is 2.36. The maximum Gasteiger partial charge on any atom is 0.253 e. The Bertz CT molecular complexity index is 773. The summed E-state index contributed by atoms with van der Waals surface area (Å²) in [6.45, 7) is 2.33. The van der Waals surface area contributed by atoms with Gasteiger partial charge in [-0.1, -0.05) is 25.1 Å². The Labute approximate surface area is 139 Å². The van der Waals surface area contributed by atoms with Crippen molar-refractivity contribution in [3.8, 4) is 11.5 Å². The van der Waals surface area contributed by atoms with Gasteiger partial charge in [-0.05, 0) is 29.8 Å². The van der Waals surface area contributed by atoms with E-state index in [4.69, 9.17) is 9.47 Å². The highest BCUT2D eigenvalue weighted by Gasteiger charge is 2.15. The second-order valence-corrected chi connectivity index (χ2v) is 5.32. The average Bonchev–Trinajstić information content (AvgIpc) is 3.07. The molecule has 6 nitrogen and oxygen atoms in total. The molecule has 1 aliphatic rings. The highest BCUT2D eigenvalue weighted by Crippen LogP contribution is 2.32. The van der Waals surface area contributed by atoms with Crippen molar-refractivity contribution in [3.63, 3.8) is 0 Å². The summed E-state index contributed by atoms with van der Waals surface area (Å²) >= 11 is 0. The minimum Gasteiger partial charge on any atom is -0.454 e. The normalized spacial score (nSPS) is 11.9. The number of rotatable bonds is 5. The molecule has 24 heavy (non-hydrogen) atoms.